The van der Waals surface area contributed by atoms with Gasteiger partial charge in [-0.3, -0.25) is 9.69 Å². The van der Waals surface area contributed by atoms with Gasteiger partial charge in [0.1, 0.15) is 0 Å². The van der Waals surface area contributed by atoms with Gasteiger partial charge in [0.2, 0.25) is 5.91 Å². The second kappa shape index (κ2) is 6.20. The van der Waals surface area contributed by atoms with Gasteiger partial charge < -0.3 is 19.1 Å². The van der Waals surface area contributed by atoms with E-state index >= 15 is 0 Å². The van der Waals surface area contributed by atoms with Gasteiger partial charge in [-0.15, -0.1) is 0 Å². The minimum absolute atomic E-state index is 0.127. The number of carbonyl (C=O) groups excluding carboxylic acids is 1. The standard InChI is InChI=1S/C15H26N2O4/c1-12-9-17(10-13(2)21-12)14(18)11-16-5-3-15(4-6-16)19-7-8-20-15/h12-13H,3-11H2,1-2H3. The van der Waals surface area contributed by atoms with Gasteiger partial charge in [-0.2, -0.15) is 0 Å². The van der Waals surface area contributed by atoms with Crippen LogP contribution in [0, 0.1) is 0 Å². The number of hydrogen-bond donors (Lipinski definition) is 0. The number of rotatable bonds is 2. The minimum atomic E-state index is -0.360. The van der Waals surface area contributed by atoms with E-state index in [4.69, 9.17) is 14.2 Å². The Labute approximate surface area is 126 Å². The monoisotopic (exact) mass is 298 g/mol. The first-order chi connectivity index (χ1) is 10.1. The zero-order valence-corrected chi connectivity index (χ0v) is 13.0. The molecule has 3 saturated heterocycles. The normalized spacial score (nSPS) is 33.5. The van der Waals surface area contributed by atoms with Crippen molar-refractivity contribution in [3.63, 3.8) is 0 Å². The average Bonchev–Trinajstić information content (AvgIpc) is 2.89. The Hall–Kier alpha value is -0.690. The van der Waals surface area contributed by atoms with Crippen LogP contribution in [-0.4, -0.2) is 79.6 Å². The Morgan fingerprint density at radius 2 is 1.67 bits per heavy atom. The summed E-state index contributed by atoms with van der Waals surface area (Å²) in [7, 11) is 0. The Morgan fingerprint density at radius 3 is 2.24 bits per heavy atom. The van der Waals surface area contributed by atoms with Crippen molar-refractivity contribution in [1.82, 2.24) is 9.80 Å². The molecule has 0 aromatic rings. The van der Waals surface area contributed by atoms with Crippen molar-refractivity contribution in [3.8, 4) is 0 Å². The third-order valence-corrected chi connectivity index (χ3v) is 4.56. The molecule has 2 atom stereocenters. The van der Waals surface area contributed by atoms with Crippen LogP contribution in [0.25, 0.3) is 0 Å². The molecule has 0 aromatic heterocycles. The van der Waals surface area contributed by atoms with Gasteiger partial charge in [-0.25, -0.2) is 0 Å². The van der Waals surface area contributed by atoms with Crippen LogP contribution in [0.1, 0.15) is 26.7 Å². The molecule has 120 valence electrons. The van der Waals surface area contributed by atoms with Crippen LogP contribution in [0.2, 0.25) is 0 Å². The van der Waals surface area contributed by atoms with Gasteiger partial charge in [0.25, 0.3) is 0 Å². The summed E-state index contributed by atoms with van der Waals surface area (Å²) in [4.78, 5) is 16.6. The maximum Gasteiger partial charge on any atom is 0.236 e. The molecule has 0 radical (unpaired) electrons. The summed E-state index contributed by atoms with van der Waals surface area (Å²) in [6, 6.07) is 0. The van der Waals surface area contributed by atoms with E-state index in [9.17, 15) is 4.79 Å². The second-order valence-electron chi connectivity index (χ2n) is 6.44. The van der Waals surface area contributed by atoms with Crippen LogP contribution >= 0.6 is 0 Å². The predicted octanol–water partition coefficient (Wildman–Crippen LogP) is 0.461. The maximum atomic E-state index is 12.4. The molecular weight excluding hydrogens is 272 g/mol. The zero-order valence-electron chi connectivity index (χ0n) is 13.0. The third-order valence-electron chi connectivity index (χ3n) is 4.56. The SMILES string of the molecule is CC1CN(C(=O)CN2CCC3(CC2)OCCO3)CC(C)O1. The second-order valence-corrected chi connectivity index (χ2v) is 6.44. The van der Waals surface area contributed by atoms with E-state index in [0.717, 1.165) is 25.9 Å². The van der Waals surface area contributed by atoms with Crippen molar-refractivity contribution in [1.29, 1.82) is 0 Å². The summed E-state index contributed by atoms with van der Waals surface area (Å²) in [6.07, 6.45) is 1.97. The van der Waals surface area contributed by atoms with E-state index in [1.54, 1.807) is 0 Å². The molecule has 3 aliphatic heterocycles. The number of piperidine rings is 1. The highest BCUT2D eigenvalue weighted by Gasteiger charge is 2.40. The third kappa shape index (κ3) is 3.56. The largest absolute Gasteiger partial charge is 0.372 e. The quantitative estimate of drug-likeness (QED) is 0.741. The van der Waals surface area contributed by atoms with Crippen LogP contribution in [0.3, 0.4) is 0 Å². The highest BCUT2D eigenvalue weighted by atomic mass is 16.7. The van der Waals surface area contributed by atoms with Crippen LogP contribution in [0.15, 0.2) is 0 Å². The van der Waals surface area contributed by atoms with Crippen molar-refractivity contribution in [2.75, 3.05) is 45.9 Å². The van der Waals surface area contributed by atoms with Crippen molar-refractivity contribution in [2.24, 2.45) is 0 Å². The summed E-state index contributed by atoms with van der Waals surface area (Å²) in [5, 5.41) is 0. The lowest BCUT2D eigenvalue weighted by Gasteiger charge is -2.39. The molecule has 6 heteroatoms. The molecule has 3 aliphatic rings. The Bertz CT molecular complexity index is 364. The fourth-order valence-corrected chi connectivity index (χ4v) is 3.51. The molecule has 3 heterocycles. The lowest BCUT2D eigenvalue weighted by atomic mass is 10.0. The number of carbonyl (C=O) groups is 1. The lowest BCUT2D eigenvalue weighted by Crippen LogP contribution is -2.53. The van der Waals surface area contributed by atoms with E-state index < -0.39 is 0 Å². The van der Waals surface area contributed by atoms with E-state index in [-0.39, 0.29) is 23.9 Å². The van der Waals surface area contributed by atoms with Gasteiger partial charge in [0.15, 0.2) is 5.79 Å². The molecule has 3 rings (SSSR count). The molecule has 6 nitrogen and oxygen atoms in total. The fraction of sp³-hybridized carbons (Fsp3) is 0.933. The van der Waals surface area contributed by atoms with Gasteiger partial charge >= 0.3 is 0 Å². The molecule has 1 spiro atoms. The average molecular weight is 298 g/mol. The highest BCUT2D eigenvalue weighted by molar-refractivity contribution is 5.78. The highest BCUT2D eigenvalue weighted by Crippen LogP contribution is 2.31. The first kappa shape index (κ1) is 15.2. The number of ether oxygens (including phenoxy) is 3. The molecule has 0 aromatic carbocycles. The molecular formula is C15H26N2O4. The van der Waals surface area contributed by atoms with Crippen molar-refractivity contribution in [2.45, 2.75) is 44.7 Å². The molecule has 0 aliphatic carbocycles. The molecule has 21 heavy (non-hydrogen) atoms. The molecule has 0 saturated carbocycles. The van der Waals surface area contributed by atoms with Gasteiger partial charge in [0.05, 0.1) is 32.0 Å². The van der Waals surface area contributed by atoms with Gasteiger partial charge in [-0.05, 0) is 13.8 Å². The maximum absolute atomic E-state index is 12.4. The Kier molecular flexibility index (Phi) is 4.49. The van der Waals surface area contributed by atoms with Crippen molar-refractivity contribution < 1.29 is 19.0 Å². The molecule has 0 bridgehead atoms. The van der Waals surface area contributed by atoms with E-state index in [1.807, 2.05) is 18.7 Å². The summed E-state index contributed by atoms with van der Waals surface area (Å²) >= 11 is 0. The molecule has 3 fully saturated rings. The number of hydrogen-bond acceptors (Lipinski definition) is 5. The number of nitrogens with zero attached hydrogens (tertiary/aromatic N) is 2. The topological polar surface area (TPSA) is 51.2 Å². The Balaban J connectivity index is 1.47. The summed E-state index contributed by atoms with van der Waals surface area (Å²) in [6.45, 7) is 9.06. The predicted molar refractivity (Wildman–Crippen MR) is 76.9 cm³/mol. The van der Waals surface area contributed by atoms with Crippen LogP contribution in [0.4, 0.5) is 0 Å². The molecule has 2 unspecified atom stereocenters. The molecule has 0 N–H and O–H groups in total. The first-order valence-corrected chi connectivity index (χ1v) is 8.00. The lowest BCUT2D eigenvalue weighted by molar-refractivity contribution is -0.186. The summed E-state index contributed by atoms with van der Waals surface area (Å²) in [5.41, 5.74) is 0. The van der Waals surface area contributed by atoms with Gasteiger partial charge in [-0.1, -0.05) is 0 Å². The Morgan fingerprint density at radius 1 is 1.10 bits per heavy atom. The van der Waals surface area contributed by atoms with Crippen LogP contribution < -0.4 is 0 Å². The van der Waals surface area contributed by atoms with E-state index in [1.165, 1.54) is 0 Å². The van der Waals surface area contributed by atoms with Crippen LogP contribution in [-0.2, 0) is 19.0 Å². The zero-order chi connectivity index (χ0) is 14.9. The summed E-state index contributed by atoms with van der Waals surface area (Å²) < 4.78 is 17.1. The minimum Gasteiger partial charge on any atom is -0.372 e. The number of amides is 1. The van der Waals surface area contributed by atoms with E-state index in [0.29, 0.717) is 32.8 Å². The summed E-state index contributed by atoms with van der Waals surface area (Å²) in [5.74, 6) is -0.150. The fourth-order valence-electron chi connectivity index (χ4n) is 3.51. The number of likely N-dealkylation sites (tertiary alicyclic amines) is 1. The van der Waals surface area contributed by atoms with Gasteiger partial charge in [0, 0.05) is 39.0 Å². The smallest absolute Gasteiger partial charge is 0.236 e. The number of morpholine rings is 1. The van der Waals surface area contributed by atoms with Crippen molar-refractivity contribution in [3.05, 3.63) is 0 Å². The molecule has 1 amide bonds. The van der Waals surface area contributed by atoms with Crippen LogP contribution in [0.5, 0.6) is 0 Å². The van der Waals surface area contributed by atoms with E-state index in [2.05, 4.69) is 4.90 Å². The van der Waals surface area contributed by atoms with Crippen molar-refractivity contribution >= 4 is 5.91 Å². The first-order valence-electron chi connectivity index (χ1n) is 8.00.